The number of nitrogens with one attached hydrogen (secondary N) is 2. The molecule has 0 aliphatic carbocycles. The summed E-state index contributed by atoms with van der Waals surface area (Å²) in [5, 5.41) is 3.01. The summed E-state index contributed by atoms with van der Waals surface area (Å²) in [5.41, 5.74) is -0.603. The van der Waals surface area contributed by atoms with E-state index in [1.165, 1.54) is 12.4 Å². The first-order valence-electron chi connectivity index (χ1n) is 10.5. The minimum Gasteiger partial charge on any atom is -0.309 e. The van der Waals surface area contributed by atoms with Gasteiger partial charge in [0, 0.05) is 31.2 Å². The predicted molar refractivity (Wildman–Crippen MR) is 120 cm³/mol. The van der Waals surface area contributed by atoms with Crippen LogP contribution >= 0.6 is 11.6 Å². The second-order valence-electron chi connectivity index (χ2n) is 8.28. The van der Waals surface area contributed by atoms with E-state index in [0.29, 0.717) is 22.1 Å². The topological polar surface area (TPSA) is 118 Å². The number of carbonyl (C=O) groups excluding carboxylic acids is 1. The third kappa shape index (κ3) is 4.03. The van der Waals surface area contributed by atoms with Crippen LogP contribution in [0.4, 0.5) is 19.0 Å². The monoisotopic (exact) mass is 503 g/mol. The van der Waals surface area contributed by atoms with Gasteiger partial charge >= 0.3 is 6.18 Å². The number of aryl methyl sites for hydroxylation is 1. The molecular weight excluding hydrogens is 487 g/mol. The van der Waals surface area contributed by atoms with E-state index in [0.717, 1.165) is 0 Å². The van der Waals surface area contributed by atoms with Crippen LogP contribution in [-0.4, -0.2) is 41.4 Å². The third-order valence-electron chi connectivity index (χ3n) is 5.91. The van der Waals surface area contributed by atoms with Crippen molar-refractivity contribution in [3.05, 3.63) is 69.2 Å². The largest absolute Gasteiger partial charge is 0.389 e. The second kappa shape index (κ2) is 8.15. The molecule has 0 bridgehead atoms. The Balaban J connectivity index is 1.57. The zero-order valence-electron chi connectivity index (χ0n) is 18.1. The molecular formula is C22H17ClF3N7O2. The maximum absolute atomic E-state index is 13.2. The molecule has 180 valence electrons. The summed E-state index contributed by atoms with van der Waals surface area (Å²) in [5.74, 6) is -0.377. The number of aromatic nitrogens is 6. The number of fused-ring (bicyclic) bond motifs is 2. The lowest BCUT2D eigenvalue weighted by atomic mass is 9.81. The summed E-state index contributed by atoms with van der Waals surface area (Å²) in [6.45, 7) is 1.57. The Kier molecular flexibility index (Phi) is 5.35. The number of anilines is 1. The molecule has 0 spiro atoms. The van der Waals surface area contributed by atoms with Crippen LogP contribution in [0.3, 0.4) is 0 Å². The Labute approximate surface area is 200 Å². The Morgan fingerprint density at radius 2 is 1.97 bits per heavy atom. The molecule has 1 unspecified atom stereocenters. The molecule has 9 nitrogen and oxygen atoms in total. The maximum atomic E-state index is 13.2. The van der Waals surface area contributed by atoms with Gasteiger partial charge in [0.1, 0.15) is 16.9 Å². The summed E-state index contributed by atoms with van der Waals surface area (Å²) >= 11 is 5.91. The van der Waals surface area contributed by atoms with Gasteiger partial charge in [0.25, 0.3) is 5.56 Å². The van der Waals surface area contributed by atoms with Crippen molar-refractivity contribution in [2.24, 2.45) is 0 Å². The quantitative estimate of drug-likeness (QED) is 0.429. The molecule has 35 heavy (non-hydrogen) atoms. The van der Waals surface area contributed by atoms with Crippen molar-refractivity contribution in [1.29, 1.82) is 0 Å². The van der Waals surface area contributed by atoms with Crippen molar-refractivity contribution in [2.75, 3.05) is 5.32 Å². The van der Waals surface area contributed by atoms with E-state index < -0.39 is 29.5 Å². The SMILES string of the molecule is CC1(c2ccc(Cl)cn2)C(=O)Nc2nc(-c3cn4ccnc4c(CCCC(F)(F)F)n3)[nH]c(=O)c21. The summed E-state index contributed by atoms with van der Waals surface area (Å²) in [4.78, 5) is 46.0. The van der Waals surface area contributed by atoms with Crippen LogP contribution in [0.1, 0.15) is 36.7 Å². The van der Waals surface area contributed by atoms with Crippen LogP contribution in [0.15, 0.2) is 41.7 Å². The molecule has 1 aliphatic rings. The first-order valence-corrected chi connectivity index (χ1v) is 10.9. The number of imidazole rings is 1. The van der Waals surface area contributed by atoms with E-state index in [1.54, 1.807) is 35.9 Å². The normalized spacial score (nSPS) is 17.6. The number of hydrogen-bond donors (Lipinski definition) is 2. The van der Waals surface area contributed by atoms with Gasteiger partial charge in [-0.2, -0.15) is 13.2 Å². The number of hydrogen-bond acceptors (Lipinski definition) is 6. The fourth-order valence-corrected chi connectivity index (χ4v) is 4.26. The Hall–Kier alpha value is -3.80. The predicted octanol–water partition coefficient (Wildman–Crippen LogP) is 3.67. The molecule has 4 aromatic rings. The number of nitrogens with zero attached hydrogens (tertiary/aromatic N) is 5. The number of aromatic amines is 1. The van der Waals surface area contributed by atoms with E-state index in [1.807, 2.05) is 0 Å². The smallest absolute Gasteiger partial charge is 0.309 e. The maximum Gasteiger partial charge on any atom is 0.389 e. The van der Waals surface area contributed by atoms with Gasteiger partial charge in [-0.25, -0.2) is 15.0 Å². The van der Waals surface area contributed by atoms with Crippen molar-refractivity contribution in [3.8, 4) is 11.5 Å². The molecule has 5 rings (SSSR count). The summed E-state index contributed by atoms with van der Waals surface area (Å²) in [7, 11) is 0. The lowest BCUT2D eigenvalue weighted by Gasteiger charge is -2.20. The number of alkyl halides is 3. The van der Waals surface area contributed by atoms with Crippen molar-refractivity contribution in [2.45, 2.75) is 37.8 Å². The summed E-state index contributed by atoms with van der Waals surface area (Å²) in [6, 6.07) is 3.13. The molecule has 13 heteroatoms. The molecule has 0 aromatic carbocycles. The highest BCUT2D eigenvalue weighted by Crippen LogP contribution is 2.39. The Bertz CT molecular complexity index is 1510. The van der Waals surface area contributed by atoms with Gasteiger partial charge in [0.2, 0.25) is 5.91 Å². The van der Waals surface area contributed by atoms with Crippen LogP contribution < -0.4 is 10.9 Å². The fraction of sp³-hybridized carbons (Fsp3) is 0.273. The second-order valence-corrected chi connectivity index (χ2v) is 8.72. The van der Waals surface area contributed by atoms with Crippen LogP contribution in [0.25, 0.3) is 17.2 Å². The highest BCUT2D eigenvalue weighted by Gasteiger charge is 2.48. The van der Waals surface area contributed by atoms with Gasteiger partial charge in [-0.1, -0.05) is 11.6 Å². The molecule has 1 aliphatic heterocycles. The van der Waals surface area contributed by atoms with Gasteiger partial charge in [0.15, 0.2) is 11.5 Å². The standard InChI is InChI=1S/C22H17ClF3N7O2/c1-21(14-5-4-11(23)9-28-14)15-17(32-20(21)35)30-16(31-19(15)34)13-10-33-8-7-27-18(33)12(29-13)3-2-6-22(24,25)26/h4-5,7-10H,2-3,6H2,1H3,(H2,30,31,32,34,35). The number of rotatable bonds is 5. The highest BCUT2D eigenvalue weighted by atomic mass is 35.5. The van der Waals surface area contributed by atoms with Crippen LogP contribution in [0, 0.1) is 0 Å². The molecule has 5 heterocycles. The zero-order valence-corrected chi connectivity index (χ0v) is 18.9. The van der Waals surface area contributed by atoms with Crippen LogP contribution in [0.5, 0.6) is 0 Å². The number of H-pyrrole nitrogens is 1. The van der Waals surface area contributed by atoms with Gasteiger partial charge in [0.05, 0.1) is 22.0 Å². The first kappa shape index (κ1) is 23.0. The van der Waals surface area contributed by atoms with Gasteiger partial charge in [-0.3, -0.25) is 14.6 Å². The minimum atomic E-state index is -4.28. The molecule has 4 aromatic heterocycles. The van der Waals surface area contributed by atoms with E-state index in [2.05, 4.69) is 30.2 Å². The molecule has 0 fully saturated rings. The first-order chi connectivity index (χ1) is 16.6. The molecule has 0 saturated heterocycles. The number of pyridine rings is 1. The van der Waals surface area contributed by atoms with Gasteiger partial charge in [-0.05, 0) is 31.9 Å². The summed E-state index contributed by atoms with van der Waals surface area (Å²) < 4.78 is 39.5. The molecule has 0 saturated carbocycles. The highest BCUT2D eigenvalue weighted by molar-refractivity contribution is 6.30. The molecule has 2 N–H and O–H groups in total. The van der Waals surface area contributed by atoms with E-state index in [9.17, 15) is 22.8 Å². The third-order valence-corrected chi connectivity index (χ3v) is 6.13. The Morgan fingerprint density at radius 3 is 2.69 bits per heavy atom. The van der Waals surface area contributed by atoms with E-state index in [-0.39, 0.29) is 35.7 Å². The fourth-order valence-electron chi connectivity index (χ4n) is 4.15. The lowest BCUT2D eigenvalue weighted by molar-refractivity contribution is -0.135. The van der Waals surface area contributed by atoms with Crippen molar-refractivity contribution in [3.63, 3.8) is 0 Å². The number of amides is 1. The van der Waals surface area contributed by atoms with E-state index >= 15 is 0 Å². The van der Waals surface area contributed by atoms with Crippen molar-refractivity contribution in [1.82, 2.24) is 29.3 Å². The minimum absolute atomic E-state index is 0.0279. The Morgan fingerprint density at radius 1 is 1.17 bits per heavy atom. The average molecular weight is 504 g/mol. The molecule has 1 amide bonds. The lowest BCUT2D eigenvalue weighted by Crippen LogP contribution is -2.36. The van der Waals surface area contributed by atoms with Crippen molar-refractivity contribution < 1.29 is 18.0 Å². The van der Waals surface area contributed by atoms with Crippen LogP contribution in [-0.2, 0) is 16.6 Å². The molecule has 1 atom stereocenters. The number of halogens is 4. The summed E-state index contributed by atoms with van der Waals surface area (Å²) in [6.07, 6.45) is 0.676. The van der Waals surface area contributed by atoms with E-state index in [4.69, 9.17) is 11.6 Å². The number of carbonyl (C=O) groups is 1. The van der Waals surface area contributed by atoms with Gasteiger partial charge in [-0.15, -0.1) is 0 Å². The van der Waals surface area contributed by atoms with Crippen molar-refractivity contribution >= 4 is 29.0 Å². The van der Waals surface area contributed by atoms with Crippen LogP contribution in [0.2, 0.25) is 5.02 Å². The zero-order chi connectivity index (χ0) is 25.0. The molecule has 0 radical (unpaired) electrons. The van der Waals surface area contributed by atoms with Gasteiger partial charge < -0.3 is 14.7 Å². The average Bonchev–Trinajstić information content (AvgIpc) is 3.36.